The number of benzene rings is 2. The molecule has 1 aliphatic rings. The van der Waals surface area contributed by atoms with Gasteiger partial charge >= 0.3 is 0 Å². The molecule has 2 aromatic carbocycles. The third-order valence-electron chi connectivity index (χ3n) is 4.07. The van der Waals surface area contributed by atoms with Crippen LogP contribution >= 0.6 is 0 Å². The average Bonchev–Trinajstić information content (AvgIpc) is 2.76. The normalized spacial score (nSPS) is 20.6. The van der Waals surface area contributed by atoms with E-state index in [9.17, 15) is 4.39 Å². The van der Waals surface area contributed by atoms with Gasteiger partial charge in [0.05, 0.1) is 11.6 Å². The van der Waals surface area contributed by atoms with Crippen molar-refractivity contribution < 1.29 is 9.13 Å². The molecule has 21 heavy (non-hydrogen) atoms. The first kappa shape index (κ1) is 14.1. The Morgan fingerprint density at radius 2 is 1.90 bits per heavy atom. The van der Waals surface area contributed by atoms with Crippen LogP contribution in [0, 0.1) is 5.82 Å². The predicted octanol–water partition coefficient (Wildman–Crippen LogP) is 3.76. The van der Waals surface area contributed by atoms with E-state index in [1.54, 1.807) is 6.07 Å². The highest BCUT2D eigenvalue weighted by atomic mass is 19.1. The van der Waals surface area contributed by atoms with E-state index >= 15 is 0 Å². The topological polar surface area (TPSA) is 35.2 Å². The zero-order valence-electron chi connectivity index (χ0n) is 12.4. The quantitative estimate of drug-likeness (QED) is 0.932. The predicted molar refractivity (Wildman–Crippen MR) is 81.9 cm³/mol. The first-order valence-electron chi connectivity index (χ1n) is 7.34. The summed E-state index contributed by atoms with van der Waals surface area (Å²) in [6.45, 7) is 4.00. The molecule has 0 bridgehead atoms. The van der Waals surface area contributed by atoms with Crippen molar-refractivity contribution >= 4 is 0 Å². The summed E-state index contributed by atoms with van der Waals surface area (Å²) in [5.41, 5.74) is 9.09. The Morgan fingerprint density at radius 1 is 1.14 bits per heavy atom. The summed E-state index contributed by atoms with van der Waals surface area (Å²) in [5, 5.41) is 0. The second-order valence-electron chi connectivity index (χ2n) is 5.94. The van der Waals surface area contributed by atoms with Crippen LogP contribution in [-0.4, -0.2) is 6.10 Å². The van der Waals surface area contributed by atoms with Gasteiger partial charge in [0.2, 0.25) is 0 Å². The molecule has 2 N–H and O–H groups in total. The van der Waals surface area contributed by atoms with Gasteiger partial charge in [-0.1, -0.05) is 24.3 Å². The number of hydrogen-bond acceptors (Lipinski definition) is 2. The van der Waals surface area contributed by atoms with Gasteiger partial charge in [-0.3, -0.25) is 0 Å². The van der Waals surface area contributed by atoms with Crippen molar-refractivity contribution in [2.24, 2.45) is 5.73 Å². The number of aryl methyl sites for hydroxylation is 1. The van der Waals surface area contributed by atoms with Gasteiger partial charge in [0.1, 0.15) is 11.6 Å². The van der Waals surface area contributed by atoms with E-state index in [1.807, 2.05) is 44.2 Å². The van der Waals surface area contributed by atoms with Gasteiger partial charge in [-0.15, -0.1) is 0 Å². The fraction of sp³-hybridized carbons (Fsp3) is 0.333. The first-order valence-corrected chi connectivity index (χ1v) is 7.34. The maximum atomic E-state index is 13.4. The molecule has 1 atom stereocenters. The fourth-order valence-corrected chi connectivity index (χ4v) is 3.14. The molecular formula is C18H20FNO. The molecule has 1 aliphatic carbocycles. The van der Waals surface area contributed by atoms with Gasteiger partial charge in [0.25, 0.3) is 0 Å². The van der Waals surface area contributed by atoms with Crippen molar-refractivity contribution in [3.63, 3.8) is 0 Å². The molecule has 0 fully saturated rings. The number of fused-ring (bicyclic) bond motifs is 1. The van der Waals surface area contributed by atoms with E-state index < -0.39 is 5.54 Å². The second kappa shape index (κ2) is 5.15. The molecule has 2 nitrogen and oxygen atoms in total. The number of para-hydroxylation sites is 1. The lowest BCUT2D eigenvalue weighted by Crippen LogP contribution is -2.36. The van der Waals surface area contributed by atoms with E-state index in [2.05, 4.69) is 0 Å². The summed E-state index contributed by atoms with van der Waals surface area (Å²) < 4.78 is 19.3. The smallest absolute Gasteiger partial charge is 0.125 e. The van der Waals surface area contributed by atoms with Crippen LogP contribution in [-0.2, 0) is 12.0 Å². The summed E-state index contributed by atoms with van der Waals surface area (Å²) in [4.78, 5) is 0. The van der Waals surface area contributed by atoms with E-state index in [0.717, 1.165) is 35.3 Å². The SMILES string of the molecule is CC(C)Oc1ccccc1C1(N)CCc2cc(F)ccc21. The Kier molecular flexibility index (Phi) is 3.46. The third-order valence-corrected chi connectivity index (χ3v) is 4.07. The van der Waals surface area contributed by atoms with E-state index in [1.165, 1.54) is 6.07 Å². The molecule has 0 saturated heterocycles. The van der Waals surface area contributed by atoms with Gasteiger partial charge in [-0.05, 0) is 56.0 Å². The Labute approximate surface area is 124 Å². The monoisotopic (exact) mass is 285 g/mol. The lowest BCUT2D eigenvalue weighted by Gasteiger charge is -2.29. The summed E-state index contributed by atoms with van der Waals surface area (Å²) in [6, 6.07) is 12.8. The fourth-order valence-electron chi connectivity index (χ4n) is 3.14. The molecular weight excluding hydrogens is 265 g/mol. The maximum Gasteiger partial charge on any atom is 0.125 e. The summed E-state index contributed by atoms with van der Waals surface area (Å²) in [5.74, 6) is 0.608. The van der Waals surface area contributed by atoms with Crippen molar-refractivity contribution in [1.82, 2.24) is 0 Å². The Morgan fingerprint density at radius 3 is 2.67 bits per heavy atom. The molecule has 0 aliphatic heterocycles. The minimum atomic E-state index is -0.603. The van der Waals surface area contributed by atoms with Crippen LogP contribution in [0.4, 0.5) is 4.39 Å². The molecule has 3 rings (SSSR count). The largest absolute Gasteiger partial charge is 0.491 e. The van der Waals surface area contributed by atoms with E-state index in [4.69, 9.17) is 10.5 Å². The van der Waals surface area contributed by atoms with Crippen molar-refractivity contribution in [1.29, 1.82) is 0 Å². The Balaban J connectivity index is 2.10. The zero-order valence-corrected chi connectivity index (χ0v) is 12.4. The molecule has 0 spiro atoms. The Bertz CT molecular complexity index is 668. The molecule has 0 radical (unpaired) electrons. The van der Waals surface area contributed by atoms with Crippen LogP contribution in [0.2, 0.25) is 0 Å². The van der Waals surface area contributed by atoms with Gasteiger partial charge in [-0.25, -0.2) is 4.39 Å². The van der Waals surface area contributed by atoms with Crippen LogP contribution in [0.3, 0.4) is 0 Å². The minimum Gasteiger partial charge on any atom is -0.491 e. The maximum absolute atomic E-state index is 13.4. The summed E-state index contributed by atoms with van der Waals surface area (Å²) >= 11 is 0. The van der Waals surface area contributed by atoms with Crippen LogP contribution in [0.15, 0.2) is 42.5 Å². The van der Waals surface area contributed by atoms with Crippen LogP contribution in [0.5, 0.6) is 5.75 Å². The summed E-state index contributed by atoms with van der Waals surface area (Å²) in [6.07, 6.45) is 1.65. The lowest BCUT2D eigenvalue weighted by molar-refractivity contribution is 0.236. The van der Waals surface area contributed by atoms with Crippen molar-refractivity contribution in [2.45, 2.75) is 38.3 Å². The van der Waals surface area contributed by atoms with Gasteiger partial charge in [-0.2, -0.15) is 0 Å². The average molecular weight is 285 g/mol. The molecule has 0 amide bonds. The number of halogens is 1. The number of rotatable bonds is 3. The highest BCUT2D eigenvalue weighted by molar-refractivity contribution is 5.51. The zero-order chi connectivity index (χ0) is 15.0. The number of nitrogens with two attached hydrogens (primary N) is 1. The lowest BCUT2D eigenvalue weighted by atomic mass is 9.84. The second-order valence-corrected chi connectivity index (χ2v) is 5.94. The van der Waals surface area contributed by atoms with Crippen LogP contribution in [0.1, 0.15) is 37.0 Å². The van der Waals surface area contributed by atoms with Gasteiger partial charge < -0.3 is 10.5 Å². The molecule has 110 valence electrons. The molecule has 0 saturated carbocycles. The highest BCUT2D eigenvalue weighted by Crippen LogP contribution is 2.43. The minimum absolute atomic E-state index is 0.0869. The first-order chi connectivity index (χ1) is 10.0. The molecule has 3 heteroatoms. The standard InChI is InChI=1S/C18H20FNO/c1-12(2)21-17-6-4-3-5-16(17)18(20)10-9-13-11-14(19)7-8-15(13)18/h3-8,11-12H,9-10,20H2,1-2H3. The molecule has 2 aromatic rings. The molecule has 0 heterocycles. The van der Waals surface area contributed by atoms with Gasteiger partial charge in [0.15, 0.2) is 0 Å². The Hall–Kier alpha value is -1.87. The number of hydrogen-bond donors (Lipinski definition) is 1. The molecule has 0 aromatic heterocycles. The van der Waals surface area contributed by atoms with E-state index in [0.29, 0.717) is 0 Å². The third kappa shape index (κ3) is 2.42. The van der Waals surface area contributed by atoms with E-state index in [-0.39, 0.29) is 11.9 Å². The highest BCUT2D eigenvalue weighted by Gasteiger charge is 2.38. The summed E-state index contributed by atoms with van der Waals surface area (Å²) in [7, 11) is 0. The number of ether oxygens (including phenoxy) is 1. The van der Waals surface area contributed by atoms with Crippen molar-refractivity contribution in [3.05, 3.63) is 65.0 Å². The van der Waals surface area contributed by atoms with Crippen molar-refractivity contribution in [3.8, 4) is 5.75 Å². The van der Waals surface area contributed by atoms with Crippen LogP contribution in [0.25, 0.3) is 0 Å². The van der Waals surface area contributed by atoms with Crippen molar-refractivity contribution in [2.75, 3.05) is 0 Å². The van der Waals surface area contributed by atoms with Gasteiger partial charge in [0, 0.05) is 5.56 Å². The molecule has 1 unspecified atom stereocenters. The van der Waals surface area contributed by atoms with Crippen LogP contribution < -0.4 is 10.5 Å².